The standard InChI is InChI=1S/C12H15Cl2N3O3/c1-17(7-10(18)15-3-4-20-2)12(19)8-5-9(13)11(14)16-6-8/h5-6H,3-4,7H2,1-2H3,(H,15,18). The smallest absolute Gasteiger partial charge is 0.255 e. The van der Waals surface area contributed by atoms with Crippen molar-refractivity contribution in [3.63, 3.8) is 0 Å². The lowest BCUT2D eigenvalue weighted by molar-refractivity contribution is -0.121. The summed E-state index contributed by atoms with van der Waals surface area (Å²) in [5.41, 5.74) is 0.270. The molecule has 6 nitrogen and oxygen atoms in total. The minimum Gasteiger partial charge on any atom is -0.383 e. The maximum atomic E-state index is 12.1. The number of methoxy groups -OCH3 is 1. The molecule has 0 aromatic carbocycles. The van der Waals surface area contributed by atoms with Gasteiger partial charge in [-0.25, -0.2) is 4.98 Å². The normalized spacial score (nSPS) is 10.2. The first-order chi connectivity index (χ1) is 9.45. The van der Waals surface area contributed by atoms with E-state index in [2.05, 4.69) is 10.3 Å². The number of carbonyl (C=O) groups excluding carboxylic acids is 2. The van der Waals surface area contributed by atoms with Gasteiger partial charge in [-0.3, -0.25) is 9.59 Å². The topological polar surface area (TPSA) is 71.5 Å². The van der Waals surface area contributed by atoms with Crippen LogP contribution in [0.15, 0.2) is 12.3 Å². The molecule has 110 valence electrons. The highest BCUT2D eigenvalue weighted by Gasteiger charge is 2.16. The van der Waals surface area contributed by atoms with E-state index in [1.54, 1.807) is 7.11 Å². The summed E-state index contributed by atoms with van der Waals surface area (Å²) in [5.74, 6) is -0.635. The minimum absolute atomic E-state index is 0.0667. The van der Waals surface area contributed by atoms with Gasteiger partial charge in [0.15, 0.2) is 0 Å². The van der Waals surface area contributed by atoms with E-state index in [0.29, 0.717) is 13.2 Å². The highest BCUT2D eigenvalue weighted by molar-refractivity contribution is 6.41. The number of nitrogens with one attached hydrogen (secondary N) is 1. The van der Waals surface area contributed by atoms with Crippen molar-refractivity contribution in [2.24, 2.45) is 0 Å². The van der Waals surface area contributed by atoms with Crippen molar-refractivity contribution in [3.05, 3.63) is 28.0 Å². The number of nitrogens with zero attached hydrogens (tertiary/aromatic N) is 2. The van der Waals surface area contributed by atoms with Crippen molar-refractivity contribution in [2.75, 3.05) is 33.9 Å². The van der Waals surface area contributed by atoms with Crippen LogP contribution in [0, 0.1) is 0 Å². The molecular weight excluding hydrogens is 305 g/mol. The average Bonchev–Trinajstić information content (AvgIpc) is 2.41. The van der Waals surface area contributed by atoms with E-state index in [9.17, 15) is 9.59 Å². The van der Waals surface area contributed by atoms with E-state index >= 15 is 0 Å². The molecule has 0 spiro atoms. The van der Waals surface area contributed by atoms with Crippen molar-refractivity contribution < 1.29 is 14.3 Å². The molecule has 1 N–H and O–H groups in total. The monoisotopic (exact) mass is 319 g/mol. The van der Waals surface area contributed by atoms with Crippen LogP contribution in [-0.2, 0) is 9.53 Å². The Morgan fingerprint density at radius 3 is 2.75 bits per heavy atom. The highest BCUT2D eigenvalue weighted by atomic mass is 35.5. The third-order valence-electron chi connectivity index (χ3n) is 2.40. The second-order valence-electron chi connectivity index (χ2n) is 4.00. The lowest BCUT2D eigenvalue weighted by Gasteiger charge is -2.16. The molecule has 1 aromatic rings. The molecule has 1 aromatic heterocycles. The van der Waals surface area contributed by atoms with Crippen LogP contribution in [0.2, 0.25) is 10.2 Å². The zero-order valence-electron chi connectivity index (χ0n) is 11.2. The fourth-order valence-electron chi connectivity index (χ4n) is 1.39. The van der Waals surface area contributed by atoms with E-state index in [1.165, 1.54) is 24.2 Å². The molecule has 1 rings (SSSR count). The fourth-order valence-corrected chi connectivity index (χ4v) is 1.66. The van der Waals surface area contributed by atoms with Gasteiger partial charge in [-0.2, -0.15) is 0 Å². The van der Waals surface area contributed by atoms with Crippen LogP contribution in [0.5, 0.6) is 0 Å². The van der Waals surface area contributed by atoms with Crippen molar-refractivity contribution in [1.82, 2.24) is 15.2 Å². The Kier molecular flexibility index (Phi) is 6.70. The second kappa shape index (κ2) is 8.04. The summed E-state index contributed by atoms with van der Waals surface area (Å²) in [6.07, 6.45) is 1.32. The van der Waals surface area contributed by atoms with Crippen molar-refractivity contribution >= 4 is 35.0 Å². The van der Waals surface area contributed by atoms with E-state index in [0.717, 1.165) is 0 Å². The van der Waals surface area contributed by atoms with Crippen LogP contribution < -0.4 is 5.32 Å². The number of pyridine rings is 1. The summed E-state index contributed by atoms with van der Waals surface area (Å²) in [5, 5.41) is 2.94. The molecule has 0 radical (unpaired) electrons. The summed E-state index contributed by atoms with van der Waals surface area (Å²) in [6, 6.07) is 1.42. The molecule has 1 heterocycles. The van der Waals surface area contributed by atoms with Crippen LogP contribution in [-0.4, -0.2) is 55.6 Å². The number of ether oxygens (including phenoxy) is 1. The minimum atomic E-state index is -0.363. The highest BCUT2D eigenvalue weighted by Crippen LogP contribution is 2.20. The zero-order chi connectivity index (χ0) is 15.1. The maximum Gasteiger partial charge on any atom is 0.255 e. The van der Waals surface area contributed by atoms with Gasteiger partial charge in [-0.05, 0) is 6.07 Å². The SMILES string of the molecule is COCCNC(=O)CN(C)C(=O)c1cnc(Cl)c(Cl)c1. The van der Waals surface area contributed by atoms with Crippen LogP contribution >= 0.6 is 23.2 Å². The lowest BCUT2D eigenvalue weighted by Crippen LogP contribution is -2.39. The second-order valence-corrected chi connectivity index (χ2v) is 4.77. The summed E-state index contributed by atoms with van der Waals surface area (Å²) in [4.78, 5) is 28.7. The molecule has 0 unspecified atom stereocenters. The van der Waals surface area contributed by atoms with Gasteiger partial charge in [-0.15, -0.1) is 0 Å². The summed E-state index contributed by atoms with van der Waals surface area (Å²) in [6.45, 7) is 0.745. The van der Waals surface area contributed by atoms with Gasteiger partial charge in [0.25, 0.3) is 5.91 Å². The van der Waals surface area contributed by atoms with Gasteiger partial charge < -0.3 is 15.0 Å². The molecule has 0 aliphatic rings. The first-order valence-corrected chi connectivity index (χ1v) is 6.53. The molecule has 8 heteroatoms. The first kappa shape index (κ1) is 16.7. The molecule has 0 bridgehead atoms. The quantitative estimate of drug-likeness (QED) is 0.632. The van der Waals surface area contributed by atoms with Gasteiger partial charge in [0.2, 0.25) is 5.91 Å². The van der Waals surface area contributed by atoms with Gasteiger partial charge in [0.1, 0.15) is 5.15 Å². The van der Waals surface area contributed by atoms with Gasteiger partial charge in [0, 0.05) is 26.9 Å². The Bertz CT molecular complexity index is 497. The molecule has 2 amide bonds. The molecule has 0 aliphatic carbocycles. The van der Waals surface area contributed by atoms with Gasteiger partial charge >= 0.3 is 0 Å². The summed E-state index contributed by atoms with van der Waals surface area (Å²) < 4.78 is 4.81. The zero-order valence-corrected chi connectivity index (χ0v) is 12.7. The Morgan fingerprint density at radius 1 is 1.45 bits per heavy atom. The number of amides is 2. The largest absolute Gasteiger partial charge is 0.383 e. The summed E-state index contributed by atoms with van der Waals surface area (Å²) >= 11 is 11.5. The number of carbonyl (C=O) groups is 2. The number of hydrogen-bond donors (Lipinski definition) is 1. The number of rotatable bonds is 6. The van der Waals surface area contributed by atoms with Crippen molar-refractivity contribution in [2.45, 2.75) is 0 Å². The first-order valence-electron chi connectivity index (χ1n) is 5.78. The number of likely N-dealkylation sites (N-methyl/N-ethyl adjacent to an activating group) is 1. The molecule has 0 atom stereocenters. The molecule has 0 aliphatic heterocycles. The van der Waals surface area contributed by atoms with Crippen molar-refractivity contribution in [3.8, 4) is 0 Å². The average molecular weight is 320 g/mol. The molecule has 0 saturated carbocycles. The predicted molar refractivity (Wildman–Crippen MR) is 76.1 cm³/mol. The molecule has 0 saturated heterocycles. The Morgan fingerprint density at radius 2 is 2.15 bits per heavy atom. The van der Waals surface area contributed by atoms with E-state index < -0.39 is 0 Å². The Hall–Kier alpha value is -1.37. The molecule has 20 heavy (non-hydrogen) atoms. The predicted octanol–water partition coefficient (Wildman–Crippen LogP) is 1.22. The van der Waals surface area contributed by atoms with Crippen LogP contribution in [0.4, 0.5) is 0 Å². The van der Waals surface area contributed by atoms with E-state index in [4.69, 9.17) is 27.9 Å². The van der Waals surface area contributed by atoms with Gasteiger partial charge in [-0.1, -0.05) is 23.2 Å². The van der Waals surface area contributed by atoms with Crippen LogP contribution in [0.3, 0.4) is 0 Å². The number of halogens is 2. The third-order valence-corrected chi connectivity index (χ3v) is 3.09. The number of aromatic nitrogens is 1. The molecular formula is C12H15Cl2N3O3. The number of hydrogen-bond acceptors (Lipinski definition) is 4. The van der Waals surface area contributed by atoms with E-state index in [-0.39, 0.29) is 34.1 Å². The third kappa shape index (κ3) is 4.96. The molecule has 0 fully saturated rings. The fraction of sp³-hybridized carbons (Fsp3) is 0.417. The Labute approximate surface area is 127 Å². The summed E-state index contributed by atoms with van der Waals surface area (Å²) in [7, 11) is 3.06. The van der Waals surface area contributed by atoms with Crippen LogP contribution in [0.25, 0.3) is 0 Å². The van der Waals surface area contributed by atoms with E-state index in [1.807, 2.05) is 0 Å². The lowest BCUT2D eigenvalue weighted by atomic mass is 10.2. The maximum absolute atomic E-state index is 12.1. The van der Waals surface area contributed by atoms with Gasteiger partial charge in [0.05, 0.1) is 23.7 Å². The Balaban J connectivity index is 2.58. The van der Waals surface area contributed by atoms with Crippen LogP contribution in [0.1, 0.15) is 10.4 Å². The van der Waals surface area contributed by atoms with Crippen molar-refractivity contribution in [1.29, 1.82) is 0 Å².